The molecule has 0 saturated heterocycles. The van der Waals surface area contributed by atoms with Crippen LogP contribution in [0.15, 0.2) is 36.6 Å². The molecule has 0 saturated carbocycles. The summed E-state index contributed by atoms with van der Waals surface area (Å²) < 4.78 is 4.91. The molecule has 0 aliphatic carbocycles. The van der Waals surface area contributed by atoms with Crippen molar-refractivity contribution in [3.63, 3.8) is 0 Å². The highest BCUT2D eigenvalue weighted by atomic mass is 16.5. The molecule has 3 nitrogen and oxygen atoms in total. The van der Waals surface area contributed by atoms with Gasteiger partial charge in [0.25, 0.3) is 0 Å². The van der Waals surface area contributed by atoms with Crippen molar-refractivity contribution in [2.45, 2.75) is 6.42 Å². The molecule has 1 aliphatic rings. The van der Waals surface area contributed by atoms with Gasteiger partial charge in [0.1, 0.15) is 6.61 Å². The van der Waals surface area contributed by atoms with Crippen molar-refractivity contribution in [3.05, 3.63) is 47.7 Å². The van der Waals surface area contributed by atoms with Crippen LogP contribution in [0.4, 0.5) is 0 Å². The maximum absolute atomic E-state index is 11.5. The third-order valence-corrected chi connectivity index (χ3v) is 2.56. The summed E-state index contributed by atoms with van der Waals surface area (Å²) in [6, 6.07) is 9.42. The van der Waals surface area contributed by atoms with Gasteiger partial charge < -0.3 is 4.74 Å². The SMILES string of the molecule is N#Cc1cccc(CC2C=COCC2=O)c1. The van der Waals surface area contributed by atoms with Crippen molar-refractivity contribution in [3.8, 4) is 6.07 Å². The van der Waals surface area contributed by atoms with Crippen molar-refractivity contribution in [1.82, 2.24) is 0 Å². The van der Waals surface area contributed by atoms with E-state index in [1.165, 1.54) is 0 Å². The third kappa shape index (κ3) is 2.29. The number of allylic oxidation sites excluding steroid dienone is 1. The van der Waals surface area contributed by atoms with Gasteiger partial charge in [-0.3, -0.25) is 4.79 Å². The van der Waals surface area contributed by atoms with E-state index in [-0.39, 0.29) is 18.3 Å². The Bertz CT molecular complexity index is 471. The first-order chi connectivity index (χ1) is 7.79. The second kappa shape index (κ2) is 4.63. The average molecular weight is 213 g/mol. The number of rotatable bonds is 2. The summed E-state index contributed by atoms with van der Waals surface area (Å²) >= 11 is 0. The molecular weight excluding hydrogens is 202 g/mol. The van der Waals surface area contributed by atoms with Gasteiger partial charge in [0.2, 0.25) is 0 Å². The van der Waals surface area contributed by atoms with E-state index in [1.54, 1.807) is 18.4 Å². The second-order valence-corrected chi connectivity index (χ2v) is 3.73. The van der Waals surface area contributed by atoms with E-state index in [2.05, 4.69) is 6.07 Å². The molecule has 1 aromatic carbocycles. The number of carbonyl (C=O) groups excluding carboxylic acids is 1. The quantitative estimate of drug-likeness (QED) is 0.753. The van der Waals surface area contributed by atoms with Crippen LogP contribution in [0.5, 0.6) is 0 Å². The Labute approximate surface area is 94.0 Å². The molecule has 1 atom stereocenters. The van der Waals surface area contributed by atoms with Gasteiger partial charge in [-0.05, 0) is 30.2 Å². The lowest BCUT2D eigenvalue weighted by molar-refractivity contribution is -0.125. The van der Waals surface area contributed by atoms with E-state index in [4.69, 9.17) is 10.00 Å². The molecule has 0 N–H and O–H groups in total. The zero-order chi connectivity index (χ0) is 11.4. The summed E-state index contributed by atoms with van der Waals surface area (Å²) in [6.45, 7) is 0.152. The van der Waals surface area contributed by atoms with Gasteiger partial charge in [0.15, 0.2) is 5.78 Å². The van der Waals surface area contributed by atoms with Crippen LogP contribution < -0.4 is 0 Å². The lowest BCUT2D eigenvalue weighted by Crippen LogP contribution is -2.22. The second-order valence-electron chi connectivity index (χ2n) is 3.73. The van der Waals surface area contributed by atoms with Gasteiger partial charge in [-0.2, -0.15) is 5.26 Å². The van der Waals surface area contributed by atoms with Crippen molar-refractivity contribution < 1.29 is 9.53 Å². The standard InChI is InChI=1S/C13H11NO2/c14-8-11-3-1-2-10(6-11)7-12-4-5-16-9-13(12)15/h1-6,12H,7,9H2. The molecule has 0 bridgehead atoms. The molecule has 80 valence electrons. The number of hydrogen-bond acceptors (Lipinski definition) is 3. The fourth-order valence-corrected chi connectivity index (χ4v) is 1.70. The largest absolute Gasteiger partial charge is 0.494 e. The van der Waals surface area contributed by atoms with Crippen LogP contribution in [0, 0.1) is 17.2 Å². The zero-order valence-electron chi connectivity index (χ0n) is 8.72. The Morgan fingerprint density at radius 1 is 1.50 bits per heavy atom. The number of ether oxygens (including phenoxy) is 1. The molecule has 0 spiro atoms. The van der Waals surface area contributed by atoms with E-state index in [1.807, 2.05) is 18.2 Å². The van der Waals surface area contributed by atoms with Crippen LogP contribution in [0.2, 0.25) is 0 Å². The Balaban J connectivity index is 2.14. The normalized spacial score (nSPS) is 18.9. The molecule has 0 fully saturated rings. The number of benzene rings is 1. The van der Waals surface area contributed by atoms with Crippen LogP contribution in [0.3, 0.4) is 0 Å². The predicted octanol–water partition coefficient (Wildman–Crippen LogP) is 1.83. The molecule has 1 aliphatic heterocycles. The van der Waals surface area contributed by atoms with Gasteiger partial charge in [-0.15, -0.1) is 0 Å². The van der Waals surface area contributed by atoms with Crippen LogP contribution >= 0.6 is 0 Å². The fraction of sp³-hybridized carbons (Fsp3) is 0.231. The topological polar surface area (TPSA) is 50.1 Å². The molecule has 1 heterocycles. The Morgan fingerprint density at radius 2 is 2.38 bits per heavy atom. The number of hydrogen-bond donors (Lipinski definition) is 0. The summed E-state index contributed by atoms with van der Waals surface area (Å²) in [6.07, 6.45) is 3.97. The van der Waals surface area contributed by atoms with Gasteiger partial charge in [0, 0.05) is 5.92 Å². The number of ketones is 1. The first-order valence-electron chi connectivity index (χ1n) is 5.09. The van der Waals surface area contributed by atoms with Crippen LogP contribution in [0.25, 0.3) is 0 Å². The lowest BCUT2D eigenvalue weighted by atomic mass is 9.94. The fourth-order valence-electron chi connectivity index (χ4n) is 1.70. The van der Waals surface area contributed by atoms with Crippen molar-refractivity contribution in [2.24, 2.45) is 5.92 Å². The Kier molecular flexibility index (Phi) is 3.02. The van der Waals surface area contributed by atoms with Crippen molar-refractivity contribution >= 4 is 5.78 Å². The predicted molar refractivity (Wildman–Crippen MR) is 58.5 cm³/mol. The van der Waals surface area contributed by atoms with Gasteiger partial charge in [0.05, 0.1) is 17.9 Å². The first kappa shape index (κ1) is 10.4. The summed E-state index contributed by atoms with van der Waals surface area (Å²) in [5.41, 5.74) is 1.63. The highest BCUT2D eigenvalue weighted by molar-refractivity contribution is 5.84. The molecule has 0 radical (unpaired) electrons. The van der Waals surface area contributed by atoms with Gasteiger partial charge in [-0.1, -0.05) is 12.1 Å². The molecular formula is C13H11NO2. The van der Waals surface area contributed by atoms with Gasteiger partial charge in [-0.25, -0.2) is 0 Å². The number of Topliss-reactive ketones (excluding diaryl/α,β-unsaturated/α-hetero) is 1. The molecule has 16 heavy (non-hydrogen) atoms. The first-order valence-corrected chi connectivity index (χ1v) is 5.09. The van der Waals surface area contributed by atoms with Gasteiger partial charge >= 0.3 is 0 Å². The molecule has 1 unspecified atom stereocenters. The zero-order valence-corrected chi connectivity index (χ0v) is 8.72. The molecule has 1 aromatic rings. The lowest BCUT2D eigenvalue weighted by Gasteiger charge is -2.15. The minimum absolute atomic E-state index is 0.0878. The van der Waals surface area contributed by atoms with Crippen molar-refractivity contribution in [1.29, 1.82) is 5.26 Å². The van der Waals surface area contributed by atoms with Crippen LogP contribution in [-0.2, 0) is 16.0 Å². The van der Waals surface area contributed by atoms with E-state index >= 15 is 0 Å². The van der Waals surface area contributed by atoms with Crippen molar-refractivity contribution in [2.75, 3.05) is 6.61 Å². The Hall–Kier alpha value is -2.08. The van der Waals surface area contributed by atoms with Crippen LogP contribution in [0.1, 0.15) is 11.1 Å². The molecule has 0 aromatic heterocycles. The number of nitriles is 1. The minimum atomic E-state index is -0.123. The smallest absolute Gasteiger partial charge is 0.177 e. The third-order valence-electron chi connectivity index (χ3n) is 2.56. The Morgan fingerprint density at radius 3 is 3.12 bits per heavy atom. The average Bonchev–Trinajstić information content (AvgIpc) is 2.32. The number of carbonyl (C=O) groups is 1. The highest BCUT2D eigenvalue weighted by Gasteiger charge is 2.19. The monoisotopic (exact) mass is 213 g/mol. The molecule has 0 amide bonds. The van der Waals surface area contributed by atoms with E-state index in [9.17, 15) is 4.79 Å². The number of nitrogens with zero attached hydrogens (tertiary/aromatic N) is 1. The van der Waals surface area contributed by atoms with Crippen LogP contribution in [-0.4, -0.2) is 12.4 Å². The van der Waals surface area contributed by atoms with E-state index in [0.717, 1.165) is 5.56 Å². The molecule has 2 rings (SSSR count). The van der Waals surface area contributed by atoms with E-state index < -0.39 is 0 Å². The summed E-state index contributed by atoms with van der Waals surface area (Å²) in [5, 5.41) is 8.77. The summed E-state index contributed by atoms with van der Waals surface area (Å²) in [5.74, 6) is -0.0347. The highest BCUT2D eigenvalue weighted by Crippen LogP contribution is 2.15. The maximum Gasteiger partial charge on any atom is 0.177 e. The maximum atomic E-state index is 11.5. The van der Waals surface area contributed by atoms with E-state index in [0.29, 0.717) is 12.0 Å². The minimum Gasteiger partial charge on any atom is -0.494 e. The summed E-state index contributed by atoms with van der Waals surface area (Å²) in [7, 11) is 0. The summed E-state index contributed by atoms with van der Waals surface area (Å²) in [4.78, 5) is 11.5. The molecule has 3 heteroatoms.